The van der Waals surface area contributed by atoms with Gasteiger partial charge in [0.05, 0.1) is 0 Å². The van der Waals surface area contributed by atoms with E-state index in [1.54, 1.807) is 26.0 Å². The zero-order valence-corrected chi connectivity index (χ0v) is 14.3. The van der Waals surface area contributed by atoms with E-state index >= 15 is 0 Å². The molecule has 25 heavy (non-hydrogen) atoms. The molecule has 0 fully saturated rings. The molecule has 0 aliphatic rings. The SMILES string of the molecule is CCc1ccccc1NC(=O)c1cc(C)nc(Nc2cc(C)on2)n1. The molecule has 0 atom stereocenters. The molecule has 2 aromatic heterocycles. The van der Waals surface area contributed by atoms with Gasteiger partial charge in [0.15, 0.2) is 5.82 Å². The normalized spacial score (nSPS) is 10.5. The Morgan fingerprint density at radius 3 is 2.68 bits per heavy atom. The predicted molar refractivity (Wildman–Crippen MR) is 95.1 cm³/mol. The number of aromatic nitrogens is 3. The predicted octanol–water partition coefficient (Wildman–Crippen LogP) is 3.64. The van der Waals surface area contributed by atoms with Crippen LogP contribution in [0.1, 0.15) is 34.4 Å². The largest absolute Gasteiger partial charge is 0.360 e. The van der Waals surface area contributed by atoms with Gasteiger partial charge in [-0.25, -0.2) is 9.97 Å². The van der Waals surface area contributed by atoms with Gasteiger partial charge in [-0.3, -0.25) is 4.79 Å². The van der Waals surface area contributed by atoms with Crippen LogP contribution in [0.2, 0.25) is 0 Å². The first-order valence-electron chi connectivity index (χ1n) is 8.00. The molecule has 0 aliphatic carbocycles. The maximum atomic E-state index is 12.6. The lowest BCUT2D eigenvalue weighted by Crippen LogP contribution is -2.16. The van der Waals surface area contributed by atoms with Crippen molar-refractivity contribution in [3.63, 3.8) is 0 Å². The van der Waals surface area contributed by atoms with Crippen molar-refractivity contribution in [1.82, 2.24) is 15.1 Å². The first-order chi connectivity index (χ1) is 12.0. The van der Waals surface area contributed by atoms with Gasteiger partial charge >= 0.3 is 0 Å². The molecule has 128 valence electrons. The number of rotatable bonds is 5. The number of hydrogen-bond donors (Lipinski definition) is 2. The Morgan fingerprint density at radius 2 is 1.96 bits per heavy atom. The first kappa shape index (κ1) is 16.6. The van der Waals surface area contributed by atoms with E-state index in [1.165, 1.54) is 0 Å². The quantitative estimate of drug-likeness (QED) is 0.738. The molecule has 2 heterocycles. The number of benzene rings is 1. The second-order valence-corrected chi connectivity index (χ2v) is 5.63. The molecule has 3 aromatic rings. The van der Waals surface area contributed by atoms with Crippen LogP contribution in [-0.2, 0) is 6.42 Å². The van der Waals surface area contributed by atoms with Gasteiger partial charge in [-0.1, -0.05) is 30.3 Å². The molecule has 0 aliphatic heterocycles. The van der Waals surface area contributed by atoms with Gasteiger partial charge < -0.3 is 15.2 Å². The minimum absolute atomic E-state index is 0.279. The van der Waals surface area contributed by atoms with Crippen LogP contribution in [0.5, 0.6) is 0 Å². The van der Waals surface area contributed by atoms with Gasteiger partial charge in [0.2, 0.25) is 5.95 Å². The number of hydrogen-bond acceptors (Lipinski definition) is 6. The highest BCUT2D eigenvalue weighted by Gasteiger charge is 2.13. The Hall–Kier alpha value is -3.22. The van der Waals surface area contributed by atoms with Crippen LogP contribution in [0.4, 0.5) is 17.5 Å². The molecule has 1 aromatic carbocycles. The van der Waals surface area contributed by atoms with Crippen LogP contribution in [0, 0.1) is 13.8 Å². The van der Waals surface area contributed by atoms with Gasteiger partial charge in [0, 0.05) is 17.4 Å². The molecule has 0 saturated heterocycles. The van der Waals surface area contributed by atoms with E-state index in [1.807, 2.05) is 31.2 Å². The standard InChI is InChI=1S/C18H19N5O2/c1-4-13-7-5-6-8-14(13)20-17(24)15-9-11(2)19-18(21-15)22-16-10-12(3)25-23-16/h5-10H,4H2,1-3H3,(H,20,24)(H,19,21,22,23). The Bertz CT molecular complexity index is 904. The third kappa shape index (κ3) is 4.00. The molecule has 1 amide bonds. The molecular weight excluding hydrogens is 318 g/mol. The van der Waals surface area contributed by atoms with Crippen LogP contribution in [-0.4, -0.2) is 21.0 Å². The summed E-state index contributed by atoms with van der Waals surface area (Å²) in [4.78, 5) is 21.1. The molecule has 0 bridgehead atoms. The summed E-state index contributed by atoms with van der Waals surface area (Å²) in [6, 6.07) is 11.1. The summed E-state index contributed by atoms with van der Waals surface area (Å²) in [6.45, 7) is 5.64. The number of para-hydroxylation sites is 1. The molecule has 0 unspecified atom stereocenters. The molecule has 2 N–H and O–H groups in total. The number of nitrogens with one attached hydrogen (secondary N) is 2. The second kappa shape index (κ2) is 7.12. The highest BCUT2D eigenvalue weighted by atomic mass is 16.5. The number of amides is 1. The van der Waals surface area contributed by atoms with Gasteiger partial charge in [0.25, 0.3) is 5.91 Å². The van der Waals surface area contributed by atoms with Crippen molar-refractivity contribution in [1.29, 1.82) is 0 Å². The molecule has 0 spiro atoms. The van der Waals surface area contributed by atoms with E-state index in [2.05, 4.69) is 25.8 Å². The van der Waals surface area contributed by atoms with Crippen molar-refractivity contribution in [2.75, 3.05) is 10.6 Å². The maximum absolute atomic E-state index is 12.6. The average Bonchev–Trinajstić information content (AvgIpc) is 2.99. The molecular formula is C18H19N5O2. The lowest BCUT2D eigenvalue weighted by molar-refractivity contribution is 0.102. The Balaban J connectivity index is 1.82. The van der Waals surface area contributed by atoms with Crippen molar-refractivity contribution in [2.24, 2.45) is 0 Å². The van der Waals surface area contributed by atoms with Crippen LogP contribution in [0.15, 0.2) is 40.9 Å². The van der Waals surface area contributed by atoms with Gasteiger partial charge in [-0.05, 0) is 38.0 Å². The van der Waals surface area contributed by atoms with E-state index in [4.69, 9.17) is 4.52 Å². The van der Waals surface area contributed by atoms with Gasteiger partial charge in [0.1, 0.15) is 11.5 Å². The summed E-state index contributed by atoms with van der Waals surface area (Å²) in [6.07, 6.45) is 0.831. The van der Waals surface area contributed by atoms with Crippen molar-refractivity contribution in [3.8, 4) is 0 Å². The summed E-state index contributed by atoms with van der Waals surface area (Å²) >= 11 is 0. The van der Waals surface area contributed by atoms with Crippen molar-refractivity contribution >= 4 is 23.4 Å². The van der Waals surface area contributed by atoms with E-state index in [0.29, 0.717) is 23.2 Å². The molecule has 0 radical (unpaired) electrons. The fourth-order valence-electron chi connectivity index (χ4n) is 2.42. The Labute approximate surface area is 145 Å². The third-order valence-corrected chi connectivity index (χ3v) is 3.60. The van der Waals surface area contributed by atoms with Crippen LogP contribution < -0.4 is 10.6 Å². The Kier molecular flexibility index (Phi) is 4.74. The number of carbonyl (C=O) groups is 1. The topological polar surface area (TPSA) is 92.9 Å². The molecule has 0 saturated carbocycles. The van der Waals surface area contributed by atoms with Crippen molar-refractivity contribution in [2.45, 2.75) is 27.2 Å². The zero-order valence-electron chi connectivity index (χ0n) is 14.3. The summed E-state index contributed by atoms with van der Waals surface area (Å²) < 4.78 is 5.00. The minimum atomic E-state index is -0.286. The fourth-order valence-corrected chi connectivity index (χ4v) is 2.42. The van der Waals surface area contributed by atoms with Crippen molar-refractivity contribution in [3.05, 3.63) is 59.1 Å². The zero-order chi connectivity index (χ0) is 17.8. The molecule has 3 rings (SSSR count). The number of aryl methyl sites for hydroxylation is 3. The highest BCUT2D eigenvalue weighted by Crippen LogP contribution is 2.18. The number of anilines is 3. The number of nitrogens with zero attached hydrogens (tertiary/aromatic N) is 3. The molecule has 7 nitrogen and oxygen atoms in total. The summed E-state index contributed by atoms with van der Waals surface area (Å²) in [7, 11) is 0. The van der Waals surface area contributed by atoms with Crippen LogP contribution >= 0.6 is 0 Å². The summed E-state index contributed by atoms with van der Waals surface area (Å²) in [5.41, 5.74) is 2.80. The summed E-state index contributed by atoms with van der Waals surface area (Å²) in [5.74, 6) is 1.17. The molecule has 7 heteroatoms. The average molecular weight is 337 g/mol. The Morgan fingerprint density at radius 1 is 1.16 bits per heavy atom. The van der Waals surface area contributed by atoms with Crippen LogP contribution in [0.25, 0.3) is 0 Å². The van der Waals surface area contributed by atoms with E-state index in [-0.39, 0.29) is 11.6 Å². The monoisotopic (exact) mass is 337 g/mol. The number of carbonyl (C=O) groups excluding carboxylic acids is 1. The lowest BCUT2D eigenvalue weighted by atomic mass is 10.1. The van der Waals surface area contributed by atoms with E-state index < -0.39 is 0 Å². The minimum Gasteiger partial charge on any atom is -0.360 e. The van der Waals surface area contributed by atoms with Gasteiger partial charge in [-0.2, -0.15) is 0 Å². The highest BCUT2D eigenvalue weighted by molar-refractivity contribution is 6.03. The fraction of sp³-hybridized carbons (Fsp3) is 0.222. The maximum Gasteiger partial charge on any atom is 0.274 e. The second-order valence-electron chi connectivity index (χ2n) is 5.63. The van der Waals surface area contributed by atoms with E-state index in [9.17, 15) is 4.79 Å². The van der Waals surface area contributed by atoms with Crippen molar-refractivity contribution < 1.29 is 9.32 Å². The van der Waals surface area contributed by atoms with E-state index in [0.717, 1.165) is 17.7 Å². The summed E-state index contributed by atoms with van der Waals surface area (Å²) in [5, 5.41) is 9.69. The van der Waals surface area contributed by atoms with Gasteiger partial charge in [-0.15, -0.1) is 0 Å². The third-order valence-electron chi connectivity index (χ3n) is 3.60. The van der Waals surface area contributed by atoms with Crippen LogP contribution in [0.3, 0.4) is 0 Å². The first-order valence-corrected chi connectivity index (χ1v) is 8.00. The smallest absolute Gasteiger partial charge is 0.274 e. The lowest BCUT2D eigenvalue weighted by Gasteiger charge is -2.10.